The molecule has 0 aliphatic rings. The fraction of sp³-hybridized carbons (Fsp3) is 0.167. The van der Waals surface area contributed by atoms with Gasteiger partial charge in [0, 0.05) is 30.7 Å². The quantitative estimate of drug-likeness (QED) is 0.731. The molecule has 6 nitrogen and oxygen atoms in total. The molecule has 0 aliphatic carbocycles. The first-order valence-electron chi connectivity index (χ1n) is 7.54. The Kier molecular flexibility index (Phi) is 4.56. The number of aromatic amines is 1. The molecular formula is C18H17N3O3. The van der Waals surface area contributed by atoms with Crippen LogP contribution in [0.25, 0.3) is 0 Å². The van der Waals surface area contributed by atoms with Crippen molar-refractivity contribution in [3.05, 3.63) is 87.9 Å². The Morgan fingerprint density at radius 3 is 2.79 bits per heavy atom. The number of carbonyl (C=O) groups is 1. The second-order valence-electron chi connectivity index (χ2n) is 5.45. The number of esters is 1. The minimum atomic E-state index is -0.543. The van der Waals surface area contributed by atoms with Gasteiger partial charge in [-0.25, -0.2) is 9.78 Å². The van der Waals surface area contributed by atoms with Crippen molar-refractivity contribution in [2.45, 2.75) is 20.1 Å². The smallest absolute Gasteiger partial charge is 0.338 e. The van der Waals surface area contributed by atoms with Crippen molar-refractivity contribution in [3.8, 4) is 0 Å². The molecule has 2 aromatic heterocycles. The number of hydrogen-bond acceptors (Lipinski definition) is 4. The Balaban J connectivity index is 1.68. The van der Waals surface area contributed by atoms with E-state index in [2.05, 4.69) is 9.97 Å². The monoisotopic (exact) mass is 323 g/mol. The molecule has 6 heteroatoms. The summed E-state index contributed by atoms with van der Waals surface area (Å²) < 4.78 is 7.21. The number of aromatic nitrogens is 3. The Morgan fingerprint density at radius 2 is 2.04 bits per heavy atom. The standard InChI is InChI=1S/C18H17N3O3/c1-13-9-15(10-17(22)20-13)18(23)24-12-16-19-7-8-21(16)11-14-5-3-2-4-6-14/h2-10H,11-12H2,1H3,(H,20,22). The molecule has 0 saturated carbocycles. The van der Waals surface area contributed by atoms with Gasteiger partial charge in [-0.3, -0.25) is 4.79 Å². The first kappa shape index (κ1) is 15.7. The highest BCUT2D eigenvalue weighted by Gasteiger charge is 2.11. The average molecular weight is 323 g/mol. The highest BCUT2D eigenvalue weighted by Crippen LogP contribution is 2.08. The van der Waals surface area contributed by atoms with Crippen LogP contribution in [0.1, 0.15) is 27.4 Å². The SMILES string of the molecule is Cc1cc(C(=O)OCc2nccn2Cc2ccccc2)cc(=O)[nH]1. The third-order valence-electron chi connectivity index (χ3n) is 3.54. The lowest BCUT2D eigenvalue weighted by molar-refractivity contribution is 0.0458. The van der Waals surface area contributed by atoms with E-state index >= 15 is 0 Å². The van der Waals surface area contributed by atoms with Gasteiger partial charge in [-0.2, -0.15) is 0 Å². The van der Waals surface area contributed by atoms with E-state index in [9.17, 15) is 9.59 Å². The van der Waals surface area contributed by atoms with Gasteiger partial charge in [0.05, 0.1) is 5.56 Å². The van der Waals surface area contributed by atoms with Gasteiger partial charge in [-0.1, -0.05) is 30.3 Å². The molecule has 0 atom stereocenters. The normalized spacial score (nSPS) is 10.5. The molecule has 0 spiro atoms. The van der Waals surface area contributed by atoms with Gasteiger partial charge in [0.25, 0.3) is 0 Å². The summed E-state index contributed by atoms with van der Waals surface area (Å²) in [5, 5.41) is 0. The highest BCUT2D eigenvalue weighted by atomic mass is 16.5. The number of rotatable bonds is 5. The zero-order valence-corrected chi connectivity index (χ0v) is 13.2. The predicted molar refractivity (Wildman–Crippen MR) is 88.7 cm³/mol. The van der Waals surface area contributed by atoms with Crippen molar-refractivity contribution in [1.29, 1.82) is 0 Å². The third kappa shape index (κ3) is 3.78. The summed E-state index contributed by atoms with van der Waals surface area (Å²) in [6, 6.07) is 12.8. The lowest BCUT2D eigenvalue weighted by atomic mass is 10.2. The summed E-state index contributed by atoms with van der Waals surface area (Å²) in [6.07, 6.45) is 3.51. The van der Waals surface area contributed by atoms with Gasteiger partial charge in [-0.15, -0.1) is 0 Å². The van der Waals surface area contributed by atoms with Crippen molar-refractivity contribution in [3.63, 3.8) is 0 Å². The Hall–Kier alpha value is -3.15. The molecule has 3 aromatic rings. The number of pyridine rings is 1. The zero-order chi connectivity index (χ0) is 16.9. The van der Waals surface area contributed by atoms with Crippen LogP contribution in [0.15, 0.2) is 59.7 Å². The number of benzene rings is 1. The molecule has 122 valence electrons. The zero-order valence-electron chi connectivity index (χ0n) is 13.2. The number of hydrogen-bond donors (Lipinski definition) is 1. The van der Waals surface area contributed by atoms with Crippen LogP contribution in [0.3, 0.4) is 0 Å². The molecule has 1 aromatic carbocycles. The molecule has 24 heavy (non-hydrogen) atoms. The van der Waals surface area contributed by atoms with E-state index in [0.717, 1.165) is 5.56 Å². The molecule has 2 heterocycles. The largest absolute Gasteiger partial charge is 0.454 e. The summed E-state index contributed by atoms with van der Waals surface area (Å²) in [5.41, 5.74) is 1.65. The van der Waals surface area contributed by atoms with Crippen LogP contribution in [0.2, 0.25) is 0 Å². The van der Waals surface area contributed by atoms with E-state index in [1.165, 1.54) is 6.07 Å². The highest BCUT2D eigenvalue weighted by molar-refractivity contribution is 5.89. The van der Waals surface area contributed by atoms with E-state index in [1.54, 1.807) is 19.2 Å². The lowest BCUT2D eigenvalue weighted by Crippen LogP contribution is -2.14. The molecule has 0 saturated heterocycles. The number of ether oxygens (including phenoxy) is 1. The van der Waals surface area contributed by atoms with Crippen LogP contribution in [0.4, 0.5) is 0 Å². The van der Waals surface area contributed by atoms with Crippen LogP contribution in [-0.4, -0.2) is 20.5 Å². The predicted octanol–water partition coefficient (Wildman–Crippen LogP) is 2.29. The molecule has 0 amide bonds. The van der Waals surface area contributed by atoms with Gasteiger partial charge >= 0.3 is 5.97 Å². The number of carbonyl (C=O) groups excluding carboxylic acids is 1. The van der Waals surface area contributed by atoms with Gasteiger partial charge in [0.2, 0.25) is 5.56 Å². The summed E-state index contributed by atoms with van der Waals surface area (Å²) in [6.45, 7) is 2.41. The van der Waals surface area contributed by atoms with Crippen LogP contribution in [0, 0.1) is 6.92 Å². The summed E-state index contributed by atoms with van der Waals surface area (Å²) in [4.78, 5) is 30.4. The number of nitrogens with one attached hydrogen (secondary N) is 1. The molecule has 0 radical (unpaired) electrons. The average Bonchev–Trinajstić information content (AvgIpc) is 3.00. The molecule has 0 fully saturated rings. The molecule has 3 rings (SSSR count). The molecule has 0 bridgehead atoms. The van der Waals surface area contributed by atoms with Gasteiger partial charge in [-0.05, 0) is 18.6 Å². The molecule has 1 N–H and O–H groups in total. The van der Waals surface area contributed by atoms with Crippen molar-refractivity contribution in [2.24, 2.45) is 0 Å². The van der Waals surface area contributed by atoms with E-state index in [-0.39, 0.29) is 17.7 Å². The number of nitrogens with zero attached hydrogens (tertiary/aromatic N) is 2. The number of H-pyrrole nitrogens is 1. The lowest BCUT2D eigenvalue weighted by Gasteiger charge is -2.09. The summed E-state index contributed by atoms with van der Waals surface area (Å²) >= 11 is 0. The van der Waals surface area contributed by atoms with Crippen LogP contribution < -0.4 is 5.56 Å². The number of imidazole rings is 1. The third-order valence-corrected chi connectivity index (χ3v) is 3.54. The fourth-order valence-corrected chi connectivity index (χ4v) is 2.42. The van der Waals surface area contributed by atoms with Gasteiger partial charge < -0.3 is 14.3 Å². The minimum absolute atomic E-state index is 0.0461. The van der Waals surface area contributed by atoms with Crippen molar-refractivity contribution < 1.29 is 9.53 Å². The van der Waals surface area contributed by atoms with Gasteiger partial charge in [0.1, 0.15) is 12.4 Å². The first-order valence-corrected chi connectivity index (χ1v) is 7.54. The summed E-state index contributed by atoms with van der Waals surface area (Å²) in [7, 11) is 0. The molecule has 0 aliphatic heterocycles. The number of aryl methyl sites for hydroxylation is 1. The molecule has 0 unspecified atom stereocenters. The van der Waals surface area contributed by atoms with Crippen molar-refractivity contribution in [2.75, 3.05) is 0 Å². The van der Waals surface area contributed by atoms with Crippen LogP contribution >= 0.6 is 0 Å². The topological polar surface area (TPSA) is 77.0 Å². The second kappa shape index (κ2) is 6.95. The first-order chi connectivity index (χ1) is 11.6. The maximum Gasteiger partial charge on any atom is 0.338 e. The fourth-order valence-electron chi connectivity index (χ4n) is 2.42. The van der Waals surface area contributed by atoms with Crippen molar-refractivity contribution in [1.82, 2.24) is 14.5 Å². The van der Waals surface area contributed by atoms with Crippen LogP contribution in [-0.2, 0) is 17.9 Å². The van der Waals surface area contributed by atoms with Crippen LogP contribution in [0.5, 0.6) is 0 Å². The van der Waals surface area contributed by atoms with E-state index in [1.807, 2.05) is 41.1 Å². The Morgan fingerprint density at radius 1 is 1.25 bits per heavy atom. The Bertz CT molecular complexity index is 897. The van der Waals surface area contributed by atoms with E-state index < -0.39 is 5.97 Å². The maximum absolute atomic E-state index is 12.1. The minimum Gasteiger partial charge on any atom is -0.454 e. The van der Waals surface area contributed by atoms with E-state index in [4.69, 9.17) is 4.74 Å². The van der Waals surface area contributed by atoms with Gasteiger partial charge in [0.15, 0.2) is 0 Å². The van der Waals surface area contributed by atoms with Crippen molar-refractivity contribution >= 4 is 5.97 Å². The summed E-state index contributed by atoms with van der Waals surface area (Å²) in [5.74, 6) is 0.104. The second-order valence-corrected chi connectivity index (χ2v) is 5.45. The Labute approximate surface area is 138 Å². The molecular weight excluding hydrogens is 306 g/mol. The maximum atomic E-state index is 12.1. The van der Waals surface area contributed by atoms with E-state index in [0.29, 0.717) is 18.1 Å².